The van der Waals surface area contributed by atoms with Crippen molar-refractivity contribution in [2.75, 3.05) is 18.0 Å². The summed E-state index contributed by atoms with van der Waals surface area (Å²) in [5.41, 5.74) is 2.51. The van der Waals surface area contributed by atoms with Gasteiger partial charge in [0.15, 0.2) is 5.82 Å². The lowest BCUT2D eigenvalue weighted by Gasteiger charge is -2.34. The van der Waals surface area contributed by atoms with Crippen molar-refractivity contribution in [2.45, 2.75) is 51.5 Å². The SMILES string of the molecule is O=c1ccc(-n2cncn2)nn1CC1CCN(c2ncnc3c2CCCCC3)CC1. The molecule has 1 aliphatic heterocycles. The van der Waals surface area contributed by atoms with Crippen LogP contribution in [0.15, 0.2) is 35.9 Å². The van der Waals surface area contributed by atoms with Gasteiger partial charge in [-0.15, -0.1) is 5.10 Å². The molecule has 0 N–H and O–H groups in total. The number of rotatable bonds is 4. The molecule has 4 heterocycles. The number of piperidine rings is 1. The van der Waals surface area contributed by atoms with Crippen molar-refractivity contribution in [2.24, 2.45) is 5.92 Å². The highest BCUT2D eigenvalue weighted by Gasteiger charge is 2.25. The predicted molar refractivity (Wildman–Crippen MR) is 112 cm³/mol. The van der Waals surface area contributed by atoms with Gasteiger partial charge in [0.25, 0.3) is 5.56 Å². The molecular formula is C21H26N8O. The smallest absolute Gasteiger partial charge is 0.266 e. The van der Waals surface area contributed by atoms with Crippen LogP contribution in [0.5, 0.6) is 0 Å². The Balaban J connectivity index is 1.27. The van der Waals surface area contributed by atoms with E-state index in [9.17, 15) is 4.79 Å². The fraction of sp³-hybridized carbons (Fsp3) is 0.524. The molecule has 1 aliphatic carbocycles. The van der Waals surface area contributed by atoms with Crippen molar-refractivity contribution < 1.29 is 0 Å². The lowest BCUT2D eigenvalue weighted by molar-refractivity contribution is 0.333. The summed E-state index contributed by atoms with van der Waals surface area (Å²) in [6.07, 6.45) is 12.7. The number of fused-ring (bicyclic) bond motifs is 1. The van der Waals surface area contributed by atoms with Gasteiger partial charge < -0.3 is 4.90 Å². The first-order valence-electron chi connectivity index (χ1n) is 10.8. The number of hydrogen-bond acceptors (Lipinski definition) is 7. The van der Waals surface area contributed by atoms with E-state index in [2.05, 4.69) is 30.0 Å². The second kappa shape index (κ2) is 8.33. The molecule has 9 nitrogen and oxygen atoms in total. The summed E-state index contributed by atoms with van der Waals surface area (Å²) in [7, 11) is 0. The largest absolute Gasteiger partial charge is 0.356 e. The van der Waals surface area contributed by atoms with E-state index in [4.69, 9.17) is 0 Å². The van der Waals surface area contributed by atoms with Gasteiger partial charge in [-0.3, -0.25) is 4.79 Å². The molecule has 3 aromatic rings. The van der Waals surface area contributed by atoms with E-state index in [0.717, 1.165) is 44.6 Å². The summed E-state index contributed by atoms with van der Waals surface area (Å²) in [6, 6.07) is 3.23. The predicted octanol–water partition coefficient (Wildman–Crippen LogP) is 1.80. The maximum absolute atomic E-state index is 12.3. The van der Waals surface area contributed by atoms with Crippen LogP contribution in [0.3, 0.4) is 0 Å². The molecule has 3 aromatic heterocycles. The summed E-state index contributed by atoms with van der Waals surface area (Å²) < 4.78 is 3.13. The van der Waals surface area contributed by atoms with Crippen LogP contribution in [0.2, 0.25) is 0 Å². The van der Waals surface area contributed by atoms with Gasteiger partial charge in [-0.05, 0) is 50.5 Å². The maximum Gasteiger partial charge on any atom is 0.266 e. The molecule has 1 fully saturated rings. The average Bonchev–Trinajstić information content (AvgIpc) is 3.20. The fourth-order valence-electron chi connectivity index (χ4n) is 4.54. The fourth-order valence-corrected chi connectivity index (χ4v) is 4.54. The van der Waals surface area contributed by atoms with Crippen molar-refractivity contribution in [3.63, 3.8) is 0 Å². The highest BCUT2D eigenvalue weighted by molar-refractivity contribution is 5.49. The summed E-state index contributed by atoms with van der Waals surface area (Å²) in [6.45, 7) is 2.52. The number of aromatic nitrogens is 7. The van der Waals surface area contributed by atoms with Crippen LogP contribution in [-0.4, -0.2) is 47.6 Å². The quantitative estimate of drug-likeness (QED) is 0.610. The van der Waals surface area contributed by atoms with E-state index in [1.54, 1.807) is 34.2 Å². The van der Waals surface area contributed by atoms with Crippen molar-refractivity contribution in [1.82, 2.24) is 34.5 Å². The monoisotopic (exact) mass is 406 g/mol. The van der Waals surface area contributed by atoms with Crippen LogP contribution in [0.25, 0.3) is 5.82 Å². The van der Waals surface area contributed by atoms with Crippen LogP contribution >= 0.6 is 0 Å². The molecule has 0 atom stereocenters. The molecular weight excluding hydrogens is 380 g/mol. The van der Waals surface area contributed by atoms with E-state index in [0.29, 0.717) is 18.3 Å². The van der Waals surface area contributed by atoms with Crippen LogP contribution in [-0.2, 0) is 19.4 Å². The van der Waals surface area contributed by atoms with Crippen molar-refractivity contribution in [3.05, 3.63) is 52.7 Å². The Bertz CT molecular complexity index is 1050. The molecule has 9 heteroatoms. The third-order valence-corrected chi connectivity index (χ3v) is 6.20. The summed E-state index contributed by atoms with van der Waals surface area (Å²) >= 11 is 0. The average molecular weight is 406 g/mol. The Morgan fingerprint density at radius 2 is 1.87 bits per heavy atom. The molecule has 156 valence electrons. The van der Waals surface area contributed by atoms with Crippen molar-refractivity contribution in [1.29, 1.82) is 0 Å². The van der Waals surface area contributed by atoms with Gasteiger partial charge in [0.05, 0.1) is 0 Å². The standard InChI is InChI=1S/C21H26N8O/c30-20-7-6-19(29-15-22-13-25-29)26-28(20)12-16-8-10-27(11-9-16)21-17-4-2-1-3-5-18(17)23-14-24-21/h6-7,13-16H,1-5,8-12H2. The van der Waals surface area contributed by atoms with Gasteiger partial charge in [-0.1, -0.05) is 6.42 Å². The first kappa shape index (κ1) is 18.9. The van der Waals surface area contributed by atoms with Gasteiger partial charge in [-0.2, -0.15) is 5.10 Å². The molecule has 30 heavy (non-hydrogen) atoms. The number of aryl methyl sites for hydroxylation is 1. The van der Waals surface area contributed by atoms with Gasteiger partial charge >= 0.3 is 0 Å². The van der Waals surface area contributed by atoms with Crippen LogP contribution in [0.4, 0.5) is 5.82 Å². The minimum Gasteiger partial charge on any atom is -0.356 e. The molecule has 0 aromatic carbocycles. The molecule has 0 saturated carbocycles. The van der Waals surface area contributed by atoms with Gasteiger partial charge in [0.2, 0.25) is 0 Å². The van der Waals surface area contributed by atoms with Crippen molar-refractivity contribution >= 4 is 5.82 Å². The van der Waals surface area contributed by atoms with Gasteiger partial charge in [-0.25, -0.2) is 24.3 Å². The number of hydrogen-bond donors (Lipinski definition) is 0. The molecule has 0 amide bonds. The van der Waals surface area contributed by atoms with Gasteiger partial charge in [0.1, 0.15) is 24.8 Å². The zero-order chi connectivity index (χ0) is 20.3. The van der Waals surface area contributed by atoms with E-state index in [1.807, 2.05) is 0 Å². The maximum atomic E-state index is 12.3. The molecule has 1 saturated heterocycles. The number of nitrogens with zero attached hydrogens (tertiary/aromatic N) is 8. The molecule has 0 bridgehead atoms. The minimum absolute atomic E-state index is 0.0811. The summed E-state index contributed by atoms with van der Waals surface area (Å²) in [5.74, 6) is 2.15. The van der Waals surface area contributed by atoms with E-state index in [1.165, 1.54) is 36.8 Å². The Labute approximate surface area is 174 Å². The Kier molecular flexibility index (Phi) is 5.25. The van der Waals surface area contributed by atoms with E-state index < -0.39 is 0 Å². The zero-order valence-electron chi connectivity index (χ0n) is 17.0. The third kappa shape index (κ3) is 3.83. The topological polar surface area (TPSA) is 94.6 Å². The Morgan fingerprint density at radius 3 is 2.70 bits per heavy atom. The molecule has 0 spiro atoms. The van der Waals surface area contributed by atoms with Crippen LogP contribution < -0.4 is 10.5 Å². The van der Waals surface area contributed by atoms with Crippen LogP contribution in [0, 0.1) is 5.92 Å². The lowest BCUT2D eigenvalue weighted by Crippen LogP contribution is -2.38. The molecule has 0 radical (unpaired) electrons. The zero-order valence-corrected chi connectivity index (χ0v) is 17.0. The van der Waals surface area contributed by atoms with E-state index in [-0.39, 0.29) is 5.56 Å². The Hall–Kier alpha value is -3.10. The Morgan fingerprint density at radius 1 is 1.00 bits per heavy atom. The second-order valence-electron chi connectivity index (χ2n) is 8.17. The van der Waals surface area contributed by atoms with Gasteiger partial charge in [0, 0.05) is 37.0 Å². The van der Waals surface area contributed by atoms with Crippen molar-refractivity contribution in [3.8, 4) is 5.82 Å². The molecule has 2 aliphatic rings. The van der Waals surface area contributed by atoms with E-state index >= 15 is 0 Å². The third-order valence-electron chi connectivity index (χ3n) is 6.20. The second-order valence-corrected chi connectivity index (χ2v) is 8.17. The molecule has 5 rings (SSSR count). The normalized spacial score (nSPS) is 17.5. The lowest BCUT2D eigenvalue weighted by atomic mass is 9.96. The first-order valence-corrected chi connectivity index (χ1v) is 10.8. The number of anilines is 1. The van der Waals surface area contributed by atoms with Crippen LogP contribution in [0.1, 0.15) is 43.4 Å². The summed E-state index contributed by atoms with van der Waals surface area (Å²) in [5, 5.41) is 8.58. The first-order chi connectivity index (χ1) is 14.8. The summed E-state index contributed by atoms with van der Waals surface area (Å²) in [4.78, 5) is 27.9. The minimum atomic E-state index is -0.0811. The highest BCUT2D eigenvalue weighted by Crippen LogP contribution is 2.29. The molecule has 0 unspecified atom stereocenters. The highest BCUT2D eigenvalue weighted by atomic mass is 16.1.